The van der Waals surface area contributed by atoms with Crippen LogP contribution in [-0.4, -0.2) is 33.2 Å². The maximum atomic E-state index is 13.3. The Morgan fingerprint density at radius 3 is 2.68 bits per heavy atom. The monoisotopic (exact) mass is 430 g/mol. The second kappa shape index (κ2) is 7.89. The van der Waals surface area contributed by atoms with Crippen LogP contribution in [0.1, 0.15) is 21.6 Å². The summed E-state index contributed by atoms with van der Waals surface area (Å²) in [5.74, 6) is -0.331. The number of carbonyl (C=O) groups is 2. The number of benzene rings is 2. The summed E-state index contributed by atoms with van der Waals surface area (Å²) in [4.78, 5) is 37.2. The number of H-pyrrole nitrogens is 1. The highest BCUT2D eigenvalue weighted by Gasteiger charge is 2.29. The topological polar surface area (TPSA) is 69.3 Å². The average molecular weight is 431 g/mol. The first-order valence-corrected chi connectivity index (χ1v) is 10.3. The van der Waals surface area contributed by atoms with Crippen molar-refractivity contribution in [2.75, 3.05) is 11.4 Å². The standard InChI is InChI=1S/C24H19ClN4O2/c25-19-7-5-16(6-8-19)24(31)28-13-17-3-1-2-4-22(17)29(23(30)15-28)14-20-11-18-12-26-10-9-21(18)27-20/h1-12,27H,13-15H2. The van der Waals surface area contributed by atoms with E-state index in [1.54, 1.807) is 46.5 Å². The Balaban J connectivity index is 1.47. The molecule has 0 bridgehead atoms. The predicted molar refractivity (Wildman–Crippen MR) is 120 cm³/mol. The molecule has 0 saturated heterocycles. The molecule has 7 heteroatoms. The summed E-state index contributed by atoms with van der Waals surface area (Å²) in [6.45, 7) is 0.738. The Hall–Kier alpha value is -3.64. The lowest BCUT2D eigenvalue weighted by molar-refractivity contribution is -0.119. The van der Waals surface area contributed by atoms with Gasteiger partial charge in [0.15, 0.2) is 0 Å². The molecule has 0 spiro atoms. The van der Waals surface area contributed by atoms with Crippen LogP contribution in [0.5, 0.6) is 0 Å². The number of aromatic amines is 1. The highest BCUT2D eigenvalue weighted by Crippen LogP contribution is 2.28. The summed E-state index contributed by atoms with van der Waals surface area (Å²) in [6, 6.07) is 18.3. The van der Waals surface area contributed by atoms with Crippen LogP contribution in [-0.2, 0) is 17.9 Å². The molecule has 154 valence electrons. The summed E-state index contributed by atoms with van der Waals surface area (Å²) in [5.41, 5.74) is 4.12. The maximum Gasteiger partial charge on any atom is 0.254 e. The van der Waals surface area contributed by atoms with Crippen LogP contribution in [0.25, 0.3) is 10.9 Å². The van der Waals surface area contributed by atoms with Crippen LogP contribution in [0.3, 0.4) is 0 Å². The fourth-order valence-electron chi connectivity index (χ4n) is 3.93. The van der Waals surface area contributed by atoms with E-state index < -0.39 is 0 Å². The number of carbonyl (C=O) groups excluding carboxylic acids is 2. The lowest BCUT2D eigenvalue weighted by atomic mass is 10.1. The van der Waals surface area contributed by atoms with E-state index in [1.807, 2.05) is 36.4 Å². The van der Waals surface area contributed by atoms with E-state index in [1.165, 1.54) is 0 Å². The van der Waals surface area contributed by atoms with Gasteiger partial charge in [-0.25, -0.2) is 0 Å². The van der Waals surface area contributed by atoms with Crippen molar-refractivity contribution < 1.29 is 9.59 Å². The fourth-order valence-corrected chi connectivity index (χ4v) is 4.06. The number of nitrogens with one attached hydrogen (secondary N) is 1. The van der Waals surface area contributed by atoms with Crippen molar-refractivity contribution in [3.8, 4) is 0 Å². The Morgan fingerprint density at radius 2 is 1.87 bits per heavy atom. The predicted octanol–water partition coefficient (Wildman–Crippen LogP) is 4.41. The van der Waals surface area contributed by atoms with E-state index in [0.717, 1.165) is 27.8 Å². The molecule has 0 atom stereocenters. The van der Waals surface area contributed by atoms with Gasteiger partial charge in [0.2, 0.25) is 5.91 Å². The quantitative estimate of drug-likeness (QED) is 0.523. The van der Waals surface area contributed by atoms with Crippen LogP contribution >= 0.6 is 11.6 Å². The van der Waals surface area contributed by atoms with Crippen molar-refractivity contribution >= 4 is 40.0 Å². The Bertz CT molecular complexity index is 1250. The number of amides is 2. The van der Waals surface area contributed by atoms with E-state index in [2.05, 4.69) is 9.97 Å². The lowest BCUT2D eigenvalue weighted by Gasteiger charge is -2.22. The van der Waals surface area contributed by atoms with Crippen molar-refractivity contribution in [3.05, 3.63) is 94.9 Å². The fraction of sp³-hybridized carbons (Fsp3) is 0.125. The number of hydrogen-bond donors (Lipinski definition) is 1. The number of para-hydroxylation sites is 1. The van der Waals surface area contributed by atoms with Crippen molar-refractivity contribution in [1.82, 2.24) is 14.9 Å². The maximum absolute atomic E-state index is 13.3. The van der Waals surface area contributed by atoms with Gasteiger partial charge in [-0.3, -0.25) is 14.6 Å². The van der Waals surface area contributed by atoms with Crippen molar-refractivity contribution in [1.29, 1.82) is 0 Å². The molecule has 0 aliphatic carbocycles. The van der Waals surface area contributed by atoms with Gasteiger partial charge in [-0.15, -0.1) is 0 Å². The first-order chi connectivity index (χ1) is 15.1. The Kier molecular flexibility index (Phi) is 4.92. The summed E-state index contributed by atoms with van der Waals surface area (Å²) in [7, 11) is 0. The number of hydrogen-bond acceptors (Lipinski definition) is 3. The zero-order valence-electron chi connectivity index (χ0n) is 16.6. The number of halogens is 1. The number of fused-ring (bicyclic) bond motifs is 2. The third-order valence-electron chi connectivity index (χ3n) is 5.45. The second-order valence-corrected chi connectivity index (χ2v) is 7.97. The van der Waals surface area contributed by atoms with E-state index in [0.29, 0.717) is 23.7 Å². The lowest BCUT2D eigenvalue weighted by Crippen LogP contribution is -2.39. The average Bonchev–Trinajstić information content (AvgIpc) is 3.14. The van der Waals surface area contributed by atoms with Crippen LogP contribution in [0.15, 0.2) is 73.1 Å². The third kappa shape index (κ3) is 3.78. The first-order valence-electron chi connectivity index (χ1n) is 9.93. The molecule has 31 heavy (non-hydrogen) atoms. The number of nitrogens with zero attached hydrogens (tertiary/aromatic N) is 3. The summed E-state index contributed by atoms with van der Waals surface area (Å²) < 4.78 is 0. The molecule has 1 aliphatic rings. The number of pyridine rings is 1. The summed E-state index contributed by atoms with van der Waals surface area (Å²) in [5, 5.41) is 1.56. The van der Waals surface area contributed by atoms with Crippen LogP contribution < -0.4 is 4.90 Å². The third-order valence-corrected chi connectivity index (χ3v) is 5.71. The minimum Gasteiger partial charge on any atom is -0.357 e. The molecule has 0 radical (unpaired) electrons. The van der Waals surface area contributed by atoms with Gasteiger partial charge >= 0.3 is 0 Å². The number of aromatic nitrogens is 2. The minimum atomic E-state index is -0.196. The van der Waals surface area contributed by atoms with Crippen molar-refractivity contribution in [2.24, 2.45) is 0 Å². The molecule has 2 aromatic heterocycles. The van der Waals surface area contributed by atoms with Crippen LogP contribution in [0.4, 0.5) is 5.69 Å². The molecule has 6 nitrogen and oxygen atoms in total. The Morgan fingerprint density at radius 1 is 1.06 bits per heavy atom. The molecule has 3 heterocycles. The second-order valence-electron chi connectivity index (χ2n) is 7.53. The minimum absolute atomic E-state index is 0.00206. The molecule has 1 aliphatic heterocycles. The van der Waals surface area contributed by atoms with Gasteiger partial charge in [-0.2, -0.15) is 0 Å². The molecule has 0 saturated carbocycles. The normalized spacial score (nSPS) is 13.9. The molecule has 1 N–H and O–H groups in total. The smallest absolute Gasteiger partial charge is 0.254 e. The molecule has 0 unspecified atom stereocenters. The van der Waals surface area contributed by atoms with Crippen molar-refractivity contribution in [2.45, 2.75) is 13.1 Å². The SMILES string of the molecule is O=C(c1ccc(Cl)cc1)N1CC(=O)N(Cc2cc3cnccc3[nH]2)c2ccccc2C1. The molecule has 4 aromatic rings. The van der Waals surface area contributed by atoms with Gasteiger partial charge in [0, 0.05) is 51.8 Å². The van der Waals surface area contributed by atoms with Crippen molar-refractivity contribution in [3.63, 3.8) is 0 Å². The zero-order valence-corrected chi connectivity index (χ0v) is 17.3. The van der Waals surface area contributed by atoms with E-state index in [9.17, 15) is 9.59 Å². The van der Waals surface area contributed by atoms with Gasteiger partial charge in [-0.1, -0.05) is 29.8 Å². The first kappa shape index (κ1) is 19.3. The van der Waals surface area contributed by atoms with Gasteiger partial charge in [0.25, 0.3) is 5.91 Å². The highest BCUT2D eigenvalue weighted by atomic mass is 35.5. The Labute approximate surface area is 184 Å². The molecular weight excluding hydrogens is 412 g/mol. The largest absolute Gasteiger partial charge is 0.357 e. The van der Waals surface area contributed by atoms with E-state index >= 15 is 0 Å². The number of rotatable bonds is 3. The molecule has 0 fully saturated rings. The zero-order chi connectivity index (χ0) is 21.4. The van der Waals surface area contributed by atoms with Crippen LogP contribution in [0, 0.1) is 0 Å². The van der Waals surface area contributed by atoms with Crippen LogP contribution in [0.2, 0.25) is 5.02 Å². The van der Waals surface area contributed by atoms with Gasteiger partial charge < -0.3 is 14.8 Å². The van der Waals surface area contributed by atoms with Gasteiger partial charge in [0.05, 0.1) is 6.54 Å². The van der Waals surface area contributed by atoms with Gasteiger partial charge in [0.1, 0.15) is 6.54 Å². The molecule has 2 amide bonds. The molecule has 5 rings (SSSR count). The number of anilines is 1. The summed E-state index contributed by atoms with van der Waals surface area (Å²) >= 11 is 5.95. The van der Waals surface area contributed by atoms with E-state index in [4.69, 9.17) is 11.6 Å². The summed E-state index contributed by atoms with van der Waals surface area (Å²) in [6.07, 6.45) is 3.52. The highest BCUT2D eigenvalue weighted by molar-refractivity contribution is 6.30. The molecular formula is C24H19ClN4O2. The van der Waals surface area contributed by atoms with Gasteiger partial charge in [-0.05, 0) is 48.0 Å². The molecule has 2 aromatic carbocycles. The van der Waals surface area contributed by atoms with E-state index in [-0.39, 0.29) is 18.4 Å².